The molecule has 0 fully saturated rings. The van der Waals surface area contributed by atoms with E-state index in [2.05, 4.69) is 36.2 Å². The summed E-state index contributed by atoms with van der Waals surface area (Å²) >= 11 is 0. The molecule has 0 saturated carbocycles. The van der Waals surface area contributed by atoms with Crippen LogP contribution in [0.5, 0.6) is 0 Å². The molecule has 2 N–H and O–H groups in total. The van der Waals surface area contributed by atoms with Crippen LogP contribution in [0.25, 0.3) is 5.82 Å². The molecule has 2 rings (SSSR count). The minimum Gasteiger partial charge on any atom is -0.394 e. The Morgan fingerprint density at radius 2 is 2.14 bits per heavy atom. The molecule has 1 unspecified atom stereocenters. The van der Waals surface area contributed by atoms with Crippen molar-refractivity contribution in [2.45, 2.75) is 33.2 Å². The van der Waals surface area contributed by atoms with E-state index < -0.39 is 0 Å². The molecule has 1 atom stereocenters. The van der Waals surface area contributed by atoms with Crippen LogP contribution >= 0.6 is 0 Å². The van der Waals surface area contributed by atoms with Crippen LogP contribution in [-0.2, 0) is 0 Å². The highest BCUT2D eigenvalue weighted by molar-refractivity contribution is 5.97. The van der Waals surface area contributed by atoms with Crippen LogP contribution in [0.3, 0.4) is 0 Å². The van der Waals surface area contributed by atoms with Gasteiger partial charge in [-0.3, -0.25) is 4.79 Å². The van der Waals surface area contributed by atoms with E-state index in [1.165, 1.54) is 0 Å². The predicted octanol–water partition coefficient (Wildman–Crippen LogP) is 1.79. The highest BCUT2D eigenvalue weighted by Gasteiger charge is 2.22. The molecule has 6 nitrogen and oxygen atoms in total. The molecule has 0 aliphatic carbocycles. The molecule has 0 saturated heterocycles. The van der Waals surface area contributed by atoms with Crippen LogP contribution in [0, 0.1) is 5.41 Å². The van der Waals surface area contributed by atoms with Crippen LogP contribution < -0.4 is 5.32 Å². The Hall–Kier alpha value is -2.21. The number of aliphatic hydroxyl groups excluding tert-OH is 1. The second-order valence-corrected chi connectivity index (χ2v) is 6.44. The quantitative estimate of drug-likeness (QED) is 0.882. The number of aliphatic hydroxyl groups is 1. The summed E-state index contributed by atoms with van der Waals surface area (Å²) in [6.07, 6.45) is 5.67. The topological polar surface area (TPSA) is 80.0 Å². The zero-order valence-electron chi connectivity index (χ0n) is 13.2. The number of amides is 1. The number of pyridine rings is 1. The third kappa shape index (κ3) is 4.14. The van der Waals surface area contributed by atoms with Gasteiger partial charge in [0.15, 0.2) is 5.82 Å². The number of nitrogens with zero attached hydrogens (tertiary/aromatic N) is 3. The summed E-state index contributed by atoms with van der Waals surface area (Å²) in [7, 11) is 0. The summed E-state index contributed by atoms with van der Waals surface area (Å²) in [5.41, 5.74) is 0.444. The summed E-state index contributed by atoms with van der Waals surface area (Å²) in [6.45, 7) is 6.11. The van der Waals surface area contributed by atoms with Crippen molar-refractivity contribution in [2.75, 3.05) is 6.61 Å². The molecule has 0 spiro atoms. The maximum absolute atomic E-state index is 12.5. The molecule has 6 heteroatoms. The van der Waals surface area contributed by atoms with E-state index in [-0.39, 0.29) is 24.0 Å². The van der Waals surface area contributed by atoms with Gasteiger partial charge in [0, 0.05) is 18.6 Å². The fourth-order valence-electron chi connectivity index (χ4n) is 2.31. The lowest BCUT2D eigenvalue weighted by Gasteiger charge is -2.25. The van der Waals surface area contributed by atoms with Crippen LogP contribution in [0.2, 0.25) is 0 Å². The first-order valence-corrected chi connectivity index (χ1v) is 7.27. The third-order valence-corrected chi connectivity index (χ3v) is 3.17. The van der Waals surface area contributed by atoms with Gasteiger partial charge in [-0.2, -0.15) is 5.10 Å². The van der Waals surface area contributed by atoms with E-state index in [1.807, 2.05) is 0 Å². The Balaban J connectivity index is 2.20. The number of carbonyl (C=O) groups excluding carboxylic acids is 1. The summed E-state index contributed by atoms with van der Waals surface area (Å²) in [6, 6.07) is 4.88. The lowest BCUT2D eigenvalue weighted by atomic mass is 9.88. The molecule has 1 amide bonds. The molecule has 22 heavy (non-hydrogen) atoms. The Bertz CT molecular complexity index is 617. The van der Waals surface area contributed by atoms with Crippen molar-refractivity contribution in [3.05, 3.63) is 42.4 Å². The predicted molar refractivity (Wildman–Crippen MR) is 83.8 cm³/mol. The van der Waals surface area contributed by atoms with Crippen LogP contribution in [0.1, 0.15) is 37.6 Å². The molecule has 0 aliphatic rings. The largest absolute Gasteiger partial charge is 0.394 e. The van der Waals surface area contributed by atoms with Crippen molar-refractivity contribution < 1.29 is 9.90 Å². The standard InChI is InChI=1S/C16H22N4O2/c1-16(2,3)10-12(11-21)19-15(22)13-6-4-7-17-14(13)20-9-5-8-18-20/h4-9,12,21H,10-11H2,1-3H3,(H,19,22). The van der Waals surface area contributed by atoms with Crippen molar-refractivity contribution in [1.29, 1.82) is 0 Å². The number of rotatable bonds is 5. The first kappa shape index (κ1) is 16.2. The van der Waals surface area contributed by atoms with Gasteiger partial charge in [0.2, 0.25) is 0 Å². The van der Waals surface area contributed by atoms with Gasteiger partial charge in [0.25, 0.3) is 5.91 Å². The maximum atomic E-state index is 12.5. The van der Waals surface area contributed by atoms with Crippen molar-refractivity contribution in [1.82, 2.24) is 20.1 Å². The van der Waals surface area contributed by atoms with E-state index in [4.69, 9.17) is 0 Å². The summed E-state index contributed by atoms with van der Waals surface area (Å²) in [5, 5.41) is 16.5. The average Bonchev–Trinajstić information content (AvgIpc) is 2.99. The number of nitrogens with one attached hydrogen (secondary N) is 1. The molecule has 0 aromatic carbocycles. The lowest BCUT2D eigenvalue weighted by Crippen LogP contribution is -2.40. The number of carbonyl (C=O) groups is 1. The van der Waals surface area contributed by atoms with Gasteiger partial charge in [-0.1, -0.05) is 20.8 Å². The van der Waals surface area contributed by atoms with Crippen molar-refractivity contribution in [3.8, 4) is 5.82 Å². The maximum Gasteiger partial charge on any atom is 0.255 e. The second kappa shape index (κ2) is 6.70. The first-order valence-electron chi connectivity index (χ1n) is 7.27. The zero-order chi connectivity index (χ0) is 16.2. The van der Waals surface area contributed by atoms with Gasteiger partial charge in [0.1, 0.15) is 0 Å². The Kier molecular flexibility index (Phi) is 4.92. The van der Waals surface area contributed by atoms with E-state index in [0.717, 1.165) is 0 Å². The van der Waals surface area contributed by atoms with Gasteiger partial charge in [-0.15, -0.1) is 0 Å². The molecule has 2 aromatic rings. The molecular weight excluding hydrogens is 280 g/mol. The number of hydrogen-bond acceptors (Lipinski definition) is 4. The van der Waals surface area contributed by atoms with Gasteiger partial charge < -0.3 is 10.4 Å². The normalized spacial score (nSPS) is 12.9. The summed E-state index contributed by atoms with van der Waals surface area (Å²) in [4.78, 5) is 16.7. The molecule has 0 radical (unpaired) electrons. The van der Waals surface area contributed by atoms with Crippen LogP contribution in [0.15, 0.2) is 36.8 Å². The van der Waals surface area contributed by atoms with Crippen LogP contribution in [0.4, 0.5) is 0 Å². The smallest absolute Gasteiger partial charge is 0.255 e. The fourth-order valence-corrected chi connectivity index (χ4v) is 2.31. The summed E-state index contributed by atoms with van der Waals surface area (Å²) in [5.74, 6) is 0.208. The second-order valence-electron chi connectivity index (χ2n) is 6.44. The van der Waals surface area contributed by atoms with Gasteiger partial charge in [-0.05, 0) is 30.0 Å². The van der Waals surface area contributed by atoms with E-state index >= 15 is 0 Å². The van der Waals surface area contributed by atoms with E-state index in [0.29, 0.717) is 17.8 Å². The Morgan fingerprint density at radius 1 is 1.36 bits per heavy atom. The highest BCUT2D eigenvalue weighted by atomic mass is 16.3. The zero-order valence-corrected chi connectivity index (χ0v) is 13.2. The Morgan fingerprint density at radius 3 is 2.73 bits per heavy atom. The van der Waals surface area contributed by atoms with Crippen molar-refractivity contribution in [3.63, 3.8) is 0 Å². The number of aromatic nitrogens is 3. The minimum absolute atomic E-state index is 0.0143. The minimum atomic E-state index is -0.293. The fraction of sp³-hybridized carbons (Fsp3) is 0.438. The first-order chi connectivity index (χ1) is 10.4. The summed E-state index contributed by atoms with van der Waals surface area (Å²) < 4.78 is 1.55. The van der Waals surface area contributed by atoms with Gasteiger partial charge in [0.05, 0.1) is 18.2 Å². The highest BCUT2D eigenvalue weighted by Crippen LogP contribution is 2.21. The molecular formula is C16H22N4O2. The van der Waals surface area contributed by atoms with E-state index in [1.54, 1.807) is 41.5 Å². The molecule has 0 aliphatic heterocycles. The molecule has 2 heterocycles. The number of hydrogen-bond donors (Lipinski definition) is 2. The van der Waals surface area contributed by atoms with Crippen molar-refractivity contribution in [2.24, 2.45) is 5.41 Å². The van der Waals surface area contributed by atoms with Crippen LogP contribution in [-0.4, -0.2) is 38.4 Å². The average molecular weight is 302 g/mol. The molecule has 0 bridgehead atoms. The SMILES string of the molecule is CC(C)(C)CC(CO)NC(=O)c1cccnc1-n1cccn1. The third-order valence-electron chi connectivity index (χ3n) is 3.17. The monoisotopic (exact) mass is 302 g/mol. The lowest BCUT2D eigenvalue weighted by molar-refractivity contribution is 0.0897. The van der Waals surface area contributed by atoms with Crippen molar-refractivity contribution >= 4 is 5.91 Å². The Labute approximate surface area is 130 Å². The molecule has 118 valence electrons. The molecule has 2 aromatic heterocycles. The van der Waals surface area contributed by atoms with E-state index in [9.17, 15) is 9.90 Å². The van der Waals surface area contributed by atoms with Gasteiger partial charge >= 0.3 is 0 Å². The van der Waals surface area contributed by atoms with Gasteiger partial charge in [-0.25, -0.2) is 9.67 Å².